The predicted octanol–water partition coefficient (Wildman–Crippen LogP) is 3.28. The molecule has 0 aliphatic heterocycles. The summed E-state index contributed by atoms with van der Waals surface area (Å²) in [5, 5.41) is 7.39. The van der Waals surface area contributed by atoms with Crippen molar-refractivity contribution in [2.24, 2.45) is 0 Å². The zero-order valence-electron chi connectivity index (χ0n) is 23.2. The Morgan fingerprint density at radius 3 is 2.12 bits per heavy atom. The van der Waals surface area contributed by atoms with Crippen LogP contribution in [0.2, 0.25) is 0 Å². The summed E-state index contributed by atoms with van der Waals surface area (Å²) in [5.74, 6) is 1.46. The second-order valence-corrected chi connectivity index (χ2v) is 10.9. The van der Waals surface area contributed by atoms with Gasteiger partial charge in [-0.15, -0.1) is 10.2 Å². The second kappa shape index (κ2) is 11.8. The second-order valence-electron chi connectivity index (χ2n) is 8.89. The highest BCUT2D eigenvalue weighted by molar-refractivity contribution is 7.93. The highest BCUT2D eigenvalue weighted by Gasteiger charge is 2.35. The van der Waals surface area contributed by atoms with Crippen LogP contribution >= 0.6 is 0 Å². The molecule has 212 valence electrons. The first-order valence-electron chi connectivity index (χ1n) is 12.2. The number of sulfonamides is 1. The molecule has 4 rings (SSSR count). The van der Waals surface area contributed by atoms with Crippen molar-refractivity contribution in [3.8, 4) is 34.6 Å². The number of benzene rings is 1. The molecule has 13 nitrogen and oxygen atoms in total. The number of rotatable bonds is 11. The first kappa shape index (κ1) is 28.7. The van der Waals surface area contributed by atoms with Gasteiger partial charge >= 0.3 is 0 Å². The van der Waals surface area contributed by atoms with Crippen molar-refractivity contribution in [2.75, 3.05) is 33.2 Å². The van der Waals surface area contributed by atoms with Crippen LogP contribution in [0.4, 0.5) is 5.95 Å². The summed E-state index contributed by atoms with van der Waals surface area (Å²) in [4.78, 5) is 13.0. The standard InChI is InChI=1S/C26H31N7O6S/c1-15-11-18(29-21(12-15)38-6)25-30-31-26(33(25)22-19(36-4)9-8-10-20(22)37-5)32-40(34,35)17(3)23(39-7)24-27-13-16(2)14-28-24/h8-14,17,23H,1-7H3,(H,31,32). The van der Waals surface area contributed by atoms with Crippen molar-refractivity contribution in [3.05, 3.63) is 59.7 Å². The third-order valence-electron chi connectivity index (χ3n) is 6.13. The molecule has 0 spiro atoms. The van der Waals surface area contributed by atoms with Gasteiger partial charge in [-0.2, -0.15) is 0 Å². The number of pyridine rings is 1. The van der Waals surface area contributed by atoms with Crippen LogP contribution in [-0.4, -0.2) is 71.8 Å². The number of hydrogen-bond acceptors (Lipinski definition) is 11. The van der Waals surface area contributed by atoms with Gasteiger partial charge in [0.1, 0.15) is 34.2 Å². The van der Waals surface area contributed by atoms with E-state index in [9.17, 15) is 8.42 Å². The fourth-order valence-corrected chi connectivity index (χ4v) is 5.20. The highest BCUT2D eigenvalue weighted by atomic mass is 32.2. The molecule has 3 heterocycles. The van der Waals surface area contributed by atoms with Crippen LogP contribution in [0.1, 0.15) is 30.0 Å². The molecule has 2 atom stereocenters. The highest BCUT2D eigenvalue weighted by Crippen LogP contribution is 2.38. The third kappa shape index (κ3) is 5.67. The Hall–Kier alpha value is -4.30. The number of aryl methyl sites for hydroxylation is 2. The average molecular weight is 570 g/mol. The van der Waals surface area contributed by atoms with Crippen molar-refractivity contribution >= 4 is 16.0 Å². The van der Waals surface area contributed by atoms with Gasteiger partial charge in [0.15, 0.2) is 11.6 Å². The first-order valence-corrected chi connectivity index (χ1v) is 13.7. The normalized spacial score (nSPS) is 13.0. The number of hydrogen-bond donors (Lipinski definition) is 1. The van der Waals surface area contributed by atoms with Crippen molar-refractivity contribution in [3.63, 3.8) is 0 Å². The molecule has 1 aromatic carbocycles. The first-order chi connectivity index (χ1) is 19.1. The quantitative estimate of drug-likeness (QED) is 0.283. The molecule has 0 fully saturated rings. The van der Waals surface area contributed by atoms with E-state index in [0.717, 1.165) is 11.1 Å². The summed E-state index contributed by atoms with van der Waals surface area (Å²) < 4.78 is 53.5. The number of methoxy groups -OCH3 is 4. The lowest BCUT2D eigenvalue weighted by atomic mass is 10.2. The largest absolute Gasteiger partial charge is 0.494 e. The number of aromatic nitrogens is 6. The maximum atomic E-state index is 13.7. The number of nitrogens with zero attached hydrogens (tertiary/aromatic N) is 6. The molecular weight excluding hydrogens is 538 g/mol. The molecule has 2 unspecified atom stereocenters. The lowest BCUT2D eigenvalue weighted by molar-refractivity contribution is 0.0949. The number of anilines is 1. The minimum absolute atomic E-state index is 0.119. The topological polar surface area (TPSA) is 152 Å². The molecule has 0 saturated heterocycles. The van der Waals surface area contributed by atoms with Crippen LogP contribution in [0.3, 0.4) is 0 Å². The Morgan fingerprint density at radius 1 is 0.900 bits per heavy atom. The van der Waals surface area contributed by atoms with Crippen molar-refractivity contribution < 1.29 is 27.4 Å². The Labute approximate surface area is 232 Å². The Bertz CT molecular complexity index is 1570. The predicted molar refractivity (Wildman–Crippen MR) is 148 cm³/mol. The van der Waals surface area contributed by atoms with Crippen LogP contribution < -0.4 is 18.9 Å². The van der Waals surface area contributed by atoms with Gasteiger partial charge in [0, 0.05) is 25.6 Å². The van der Waals surface area contributed by atoms with Crippen molar-refractivity contribution in [2.45, 2.75) is 32.1 Å². The number of ether oxygens (including phenoxy) is 4. The molecule has 14 heteroatoms. The molecular formula is C26H31N7O6S. The fraction of sp³-hybridized carbons (Fsp3) is 0.346. The van der Waals surface area contributed by atoms with E-state index in [1.54, 1.807) is 42.7 Å². The lowest BCUT2D eigenvalue weighted by Crippen LogP contribution is -2.33. The van der Waals surface area contributed by atoms with Crippen molar-refractivity contribution in [1.82, 2.24) is 29.7 Å². The van der Waals surface area contributed by atoms with E-state index in [1.165, 1.54) is 39.9 Å². The van der Waals surface area contributed by atoms with E-state index in [2.05, 4.69) is 29.9 Å². The number of para-hydroxylation sites is 1. The van der Waals surface area contributed by atoms with Gasteiger partial charge in [0.25, 0.3) is 0 Å². The van der Waals surface area contributed by atoms with E-state index in [4.69, 9.17) is 18.9 Å². The van der Waals surface area contributed by atoms with Crippen LogP contribution in [0.15, 0.2) is 42.7 Å². The molecule has 4 aromatic rings. The monoisotopic (exact) mass is 569 g/mol. The molecule has 40 heavy (non-hydrogen) atoms. The fourth-order valence-electron chi connectivity index (χ4n) is 4.07. The summed E-state index contributed by atoms with van der Waals surface area (Å²) in [6, 6.07) is 8.71. The van der Waals surface area contributed by atoms with Gasteiger partial charge in [-0.25, -0.2) is 23.4 Å². The molecule has 0 aliphatic rings. The van der Waals surface area contributed by atoms with Gasteiger partial charge < -0.3 is 18.9 Å². The molecule has 0 radical (unpaired) electrons. The minimum Gasteiger partial charge on any atom is -0.494 e. The zero-order valence-corrected chi connectivity index (χ0v) is 24.1. The van der Waals surface area contributed by atoms with Gasteiger partial charge in [0.05, 0.1) is 21.3 Å². The van der Waals surface area contributed by atoms with Gasteiger partial charge in [-0.1, -0.05) is 6.07 Å². The summed E-state index contributed by atoms with van der Waals surface area (Å²) in [7, 11) is 1.74. The Morgan fingerprint density at radius 2 is 1.55 bits per heavy atom. The Balaban J connectivity index is 1.87. The Kier molecular flexibility index (Phi) is 8.49. The molecule has 0 saturated carbocycles. The minimum atomic E-state index is -4.15. The van der Waals surface area contributed by atoms with E-state index in [0.29, 0.717) is 28.8 Å². The van der Waals surface area contributed by atoms with Gasteiger partial charge in [-0.05, 0) is 50.1 Å². The molecule has 0 amide bonds. The summed E-state index contributed by atoms with van der Waals surface area (Å²) >= 11 is 0. The van der Waals surface area contributed by atoms with Crippen LogP contribution in [-0.2, 0) is 14.8 Å². The third-order valence-corrected chi connectivity index (χ3v) is 7.82. The molecule has 1 N–H and O–H groups in total. The summed E-state index contributed by atoms with van der Waals surface area (Å²) in [6.07, 6.45) is 2.24. The molecule has 0 bridgehead atoms. The molecule has 0 aliphatic carbocycles. The van der Waals surface area contributed by atoms with Crippen molar-refractivity contribution in [1.29, 1.82) is 0 Å². The van der Waals surface area contributed by atoms with Gasteiger partial charge in [-0.3, -0.25) is 9.29 Å². The van der Waals surface area contributed by atoms with Crippen LogP contribution in [0, 0.1) is 13.8 Å². The zero-order chi connectivity index (χ0) is 29.0. The van der Waals surface area contributed by atoms with E-state index in [1.807, 2.05) is 13.8 Å². The van der Waals surface area contributed by atoms with E-state index in [-0.39, 0.29) is 17.6 Å². The van der Waals surface area contributed by atoms with Crippen LogP contribution in [0.5, 0.6) is 17.4 Å². The maximum absolute atomic E-state index is 13.7. The summed E-state index contributed by atoms with van der Waals surface area (Å²) in [6.45, 7) is 5.21. The SMILES string of the molecule is COc1cc(C)cc(-c2nnc(NS(=O)(=O)C(C)C(OC)c3ncc(C)cn3)n2-c2c(OC)cccc2OC)n1. The smallest absolute Gasteiger partial charge is 0.243 e. The van der Waals surface area contributed by atoms with E-state index >= 15 is 0 Å². The molecule has 3 aromatic heterocycles. The van der Waals surface area contributed by atoms with Gasteiger partial charge in [0.2, 0.25) is 21.9 Å². The van der Waals surface area contributed by atoms with Crippen LogP contribution in [0.25, 0.3) is 17.2 Å². The average Bonchev–Trinajstić information content (AvgIpc) is 3.35. The number of nitrogens with one attached hydrogen (secondary N) is 1. The maximum Gasteiger partial charge on any atom is 0.243 e. The van der Waals surface area contributed by atoms with E-state index < -0.39 is 21.4 Å². The lowest BCUT2D eigenvalue weighted by Gasteiger charge is -2.23. The summed E-state index contributed by atoms with van der Waals surface area (Å²) in [5.41, 5.74) is 2.43.